The van der Waals surface area contributed by atoms with E-state index in [2.05, 4.69) is 17.8 Å². The van der Waals surface area contributed by atoms with Crippen molar-refractivity contribution in [3.8, 4) is 0 Å². The minimum absolute atomic E-state index is 0.0804. The third-order valence-corrected chi connectivity index (χ3v) is 4.73. The van der Waals surface area contributed by atoms with E-state index in [-0.39, 0.29) is 24.2 Å². The van der Waals surface area contributed by atoms with Gasteiger partial charge in [-0.25, -0.2) is 0 Å². The van der Waals surface area contributed by atoms with Crippen LogP contribution in [0.25, 0.3) is 0 Å². The summed E-state index contributed by atoms with van der Waals surface area (Å²) in [6, 6.07) is 27.2. The average molecular weight is 372 g/mol. The highest BCUT2D eigenvalue weighted by molar-refractivity contribution is 5.95. The van der Waals surface area contributed by atoms with Crippen molar-refractivity contribution in [2.75, 3.05) is 0 Å². The molecular formula is C24H24N2O2. The van der Waals surface area contributed by atoms with Crippen molar-refractivity contribution in [1.82, 2.24) is 10.9 Å². The fourth-order valence-corrected chi connectivity index (χ4v) is 3.13. The van der Waals surface area contributed by atoms with Crippen LogP contribution in [0.3, 0.4) is 0 Å². The SMILES string of the molecule is CCc1ccc(C(=O)NNC(=O)CC(c2ccccc2)c2ccccc2)cc1. The van der Waals surface area contributed by atoms with Crippen molar-refractivity contribution in [3.63, 3.8) is 0 Å². The Kier molecular flexibility index (Phi) is 6.58. The van der Waals surface area contributed by atoms with Gasteiger partial charge in [0.2, 0.25) is 5.91 Å². The second-order valence-electron chi connectivity index (χ2n) is 6.63. The second kappa shape index (κ2) is 9.51. The van der Waals surface area contributed by atoms with Gasteiger partial charge in [0.1, 0.15) is 0 Å². The number of hydrogen-bond donors (Lipinski definition) is 2. The minimum Gasteiger partial charge on any atom is -0.273 e. The first-order chi connectivity index (χ1) is 13.7. The topological polar surface area (TPSA) is 58.2 Å². The van der Waals surface area contributed by atoms with Gasteiger partial charge in [0.25, 0.3) is 5.91 Å². The molecule has 0 heterocycles. The van der Waals surface area contributed by atoms with E-state index in [0.29, 0.717) is 5.56 Å². The van der Waals surface area contributed by atoms with Gasteiger partial charge in [0, 0.05) is 17.9 Å². The minimum atomic E-state index is -0.327. The maximum Gasteiger partial charge on any atom is 0.269 e. The van der Waals surface area contributed by atoms with Crippen molar-refractivity contribution in [3.05, 3.63) is 107 Å². The van der Waals surface area contributed by atoms with E-state index in [1.165, 1.54) is 0 Å². The van der Waals surface area contributed by atoms with Crippen LogP contribution in [0.2, 0.25) is 0 Å². The lowest BCUT2D eigenvalue weighted by molar-refractivity contribution is -0.122. The molecule has 3 aromatic rings. The first-order valence-electron chi connectivity index (χ1n) is 9.45. The number of rotatable bonds is 6. The molecule has 0 aromatic heterocycles. The summed E-state index contributed by atoms with van der Waals surface area (Å²) in [6.07, 6.45) is 1.15. The summed E-state index contributed by atoms with van der Waals surface area (Å²) >= 11 is 0. The van der Waals surface area contributed by atoms with Crippen molar-refractivity contribution >= 4 is 11.8 Å². The van der Waals surface area contributed by atoms with Gasteiger partial charge in [0.15, 0.2) is 0 Å². The second-order valence-corrected chi connectivity index (χ2v) is 6.63. The summed E-state index contributed by atoms with van der Waals surface area (Å²) in [6.45, 7) is 2.06. The van der Waals surface area contributed by atoms with Crippen LogP contribution in [0.5, 0.6) is 0 Å². The molecular weight excluding hydrogens is 348 g/mol. The van der Waals surface area contributed by atoms with E-state index >= 15 is 0 Å². The number of hydrogen-bond acceptors (Lipinski definition) is 2. The fourth-order valence-electron chi connectivity index (χ4n) is 3.13. The highest BCUT2D eigenvalue weighted by Gasteiger charge is 2.18. The molecule has 0 saturated carbocycles. The van der Waals surface area contributed by atoms with Crippen LogP contribution >= 0.6 is 0 Å². The molecule has 0 spiro atoms. The molecule has 0 fully saturated rings. The van der Waals surface area contributed by atoms with E-state index in [0.717, 1.165) is 23.1 Å². The number of nitrogens with one attached hydrogen (secondary N) is 2. The molecule has 0 unspecified atom stereocenters. The smallest absolute Gasteiger partial charge is 0.269 e. The standard InChI is InChI=1S/C24H24N2O2/c1-2-18-13-15-21(16-14-18)24(28)26-25-23(27)17-22(19-9-5-3-6-10-19)20-11-7-4-8-12-20/h3-16,22H,2,17H2,1H3,(H,25,27)(H,26,28). The number of benzene rings is 3. The molecule has 2 N–H and O–H groups in total. The highest BCUT2D eigenvalue weighted by atomic mass is 16.2. The molecule has 0 radical (unpaired) electrons. The summed E-state index contributed by atoms with van der Waals surface area (Å²) in [7, 11) is 0. The Morgan fingerprint density at radius 2 is 1.29 bits per heavy atom. The summed E-state index contributed by atoms with van der Waals surface area (Å²) < 4.78 is 0. The van der Waals surface area contributed by atoms with Gasteiger partial charge in [-0.15, -0.1) is 0 Å². The molecule has 0 saturated heterocycles. The number of aryl methyl sites for hydroxylation is 1. The lowest BCUT2D eigenvalue weighted by Gasteiger charge is -2.18. The third-order valence-electron chi connectivity index (χ3n) is 4.73. The van der Waals surface area contributed by atoms with Crippen LogP contribution in [0.4, 0.5) is 0 Å². The zero-order chi connectivity index (χ0) is 19.8. The Morgan fingerprint density at radius 1 is 0.750 bits per heavy atom. The van der Waals surface area contributed by atoms with Crippen molar-refractivity contribution < 1.29 is 9.59 Å². The van der Waals surface area contributed by atoms with E-state index in [4.69, 9.17) is 0 Å². The maximum absolute atomic E-state index is 12.5. The van der Waals surface area contributed by atoms with Crippen molar-refractivity contribution in [1.29, 1.82) is 0 Å². The fraction of sp³-hybridized carbons (Fsp3) is 0.167. The molecule has 0 aliphatic rings. The largest absolute Gasteiger partial charge is 0.273 e. The summed E-state index contributed by atoms with van der Waals surface area (Å²) in [4.78, 5) is 24.8. The summed E-state index contributed by atoms with van der Waals surface area (Å²) in [5.41, 5.74) is 8.84. The van der Waals surface area contributed by atoms with Gasteiger partial charge in [-0.3, -0.25) is 20.4 Å². The zero-order valence-corrected chi connectivity index (χ0v) is 15.9. The predicted molar refractivity (Wildman–Crippen MR) is 111 cm³/mol. The molecule has 28 heavy (non-hydrogen) atoms. The van der Waals surface area contributed by atoms with E-state index in [9.17, 15) is 9.59 Å². The first kappa shape index (κ1) is 19.4. The molecule has 2 amide bonds. The Morgan fingerprint density at radius 3 is 1.79 bits per heavy atom. The number of carbonyl (C=O) groups excluding carboxylic acids is 2. The summed E-state index contributed by atoms with van der Waals surface area (Å²) in [5.74, 6) is -0.647. The normalized spacial score (nSPS) is 10.5. The molecule has 0 bridgehead atoms. The van der Waals surface area contributed by atoms with Gasteiger partial charge in [-0.05, 0) is 35.2 Å². The zero-order valence-electron chi connectivity index (χ0n) is 15.9. The van der Waals surface area contributed by atoms with Crippen molar-refractivity contribution in [2.45, 2.75) is 25.7 Å². The van der Waals surface area contributed by atoms with Crippen LogP contribution in [0, 0.1) is 0 Å². The predicted octanol–water partition coefficient (Wildman–Crippen LogP) is 4.23. The number of amides is 2. The Labute approximate surface area is 165 Å². The quantitative estimate of drug-likeness (QED) is 0.636. The Balaban J connectivity index is 1.64. The van der Waals surface area contributed by atoms with E-state index in [1.54, 1.807) is 12.1 Å². The van der Waals surface area contributed by atoms with Crippen LogP contribution in [-0.4, -0.2) is 11.8 Å². The average Bonchev–Trinajstić information content (AvgIpc) is 2.77. The van der Waals surface area contributed by atoms with Crippen molar-refractivity contribution in [2.24, 2.45) is 0 Å². The maximum atomic E-state index is 12.5. The lowest BCUT2D eigenvalue weighted by Crippen LogP contribution is -2.42. The van der Waals surface area contributed by atoms with Gasteiger partial charge < -0.3 is 0 Å². The van der Waals surface area contributed by atoms with Crippen LogP contribution in [0.15, 0.2) is 84.9 Å². The molecule has 0 aliphatic carbocycles. The van der Waals surface area contributed by atoms with E-state index < -0.39 is 0 Å². The molecule has 4 heteroatoms. The van der Waals surface area contributed by atoms with E-state index in [1.807, 2.05) is 72.8 Å². The molecule has 142 valence electrons. The number of hydrazine groups is 1. The van der Waals surface area contributed by atoms with Crippen LogP contribution < -0.4 is 10.9 Å². The molecule has 3 rings (SSSR count). The molecule has 0 aliphatic heterocycles. The molecule has 4 nitrogen and oxygen atoms in total. The van der Waals surface area contributed by atoms with Gasteiger partial charge in [-0.2, -0.15) is 0 Å². The molecule has 3 aromatic carbocycles. The summed E-state index contributed by atoms with van der Waals surface area (Å²) in [5, 5.41) is 0. The monoisotopic (exact) mass is 372 g/mol. The van der Waals surface area contributed by atoms with Gasteiger partial charge in [0.05, 0.1) is 0 Å². The Hall–Kier alpha value is -3.40. The van der Waals surface area contributed by atoms with Crippen LogP contribution in [-0.2, 0) is 11.2 Å². The molecule has 0 atom stereocenters. The Bertz CT molecular complexity index is 867. The first-order valence-corrected chi connectivity index (χ1v) is 9.45. The number of carbonyl (C=O) groups is 2. The van der Waals surface area contributed by atoms with Gasteiger partial charge >= 0.3 is 0 Å². The highest BCUT2D eigenvalue weighted by Crippen LogP contribution is 2.27. The van der Waals surface area contributed by atoms with Crippen LogP contribution in [0.1, 0.15) is 46.3 Å². The van der Waals surface area contributed by atoms with Gasteiger partial charge in [-0.1, -0.05) is 79.7 Å². The third kappa shape index (κ3) is 5.07. The lowest BCUT2D eigenvalue weighted by atomic mass is 9.88.